The van der Waals surface area contributed by atoms with Crippen LogP contribution in [-0.2, 0) is 4.79 Å². The molecular formula is C17H19ClN2O. The molecule has 0 heterocycles. The van der Waals surface area contributed by atoms with Crippen LogP contribution in [-0.4, -0.2) is 12.5 Å². The fraction of sp³-hybridized carbons (Fsp3) is 0.235. The summed E-state index contributed by atoms with van der Waals surface area (Å²) >= 11 is 5.82. The molecule has 0 aromatic heterocycles. The fourth-order valence-corrected chi connectivity index (χ4v) is 2.10. The van der Waals surface area contributed by atoms with E-state index in [9.17, 15) is 4.79 Å². The standard InChI is InChI=1S/C17H19ClN2O/c1-12-3-4-13(2)16(11-12)20-17(21)9-10-19-15-7-5-14(18)6-8-15/h3-8,11,19H,9-10H2,1-2H3,(H,20,21). The molecule has 0 bridgehead atoms. The van der Waals surface area contributed by atoms with Crippen LogP contribution in [0.5, 0.6) is 0 Å². The number of aryl methyl sites for hydroxylation is 2. The number of amides is 1. The zero-order valence-electron chi connectivity index (χ0n) is 12.2. The highest BCUT2D eigenvalue weighted by Gasteiger charge is 2.05. The lowest BCUT2D eigenvalue weighted by molar-refractivity contribution is -0.115. The molecule has 4 heteroatoms. The van der Waals surface area contributed by atoms with Gasteiger partial charge in [0.1, 0.15) is 0 Å². The average Bonchev–Trinajstić information content (AvgIpc) is 2.45. The first-order valence-electron chi connectivity index (χ1n) is 6.91. The number of nitrogens with one attached hydrogen (secondary N) is 2. The molecule has 1 amide bonds. The summed E-state index contributed by atoms with van der Waals surface area (Å²) in [6.07, 6.45) is 0.413. The Bertz CT molecular complexity index is 623. The summed E-state index contributed by atoms with van der Waals surface area (Å²) < 4.78 is 0. The lowest BCUT2D eigenvalue weighted by atomic mass is 10.1. The summed E-state index contributed by atoms with van der Waals surface area (Å²) in [6.45, 7) is 4.58. The minimum atomic E-state index is 0.00478. The molecule has 2 N–H and O–H groups in total. The van der Waals surface area contributed by atoms with Gasteiger partial charge in [-0.25, -0.2) is 0 Å². The van der Waals surface area contributed by atoms with Crippen LogP contribution in [0, 0.1) is 13.8 Å². The number of halogens is 1. The maximum Gasteiger partial charge on any atom is 0.226 e. The molecule has 2 rings (SSSR count). The molecule has 0 saturated carbocycles. The molecule has 0 fully saturated rings. The predicted octanol–water partition coefficient (Wildman–Crippen LogP) is 4.40. The van der Waals surface area contributed by atoms with Crippen molar-refractivity contribution >= 4 is 28.9 Å². The highest BCUT2D eigenvalue weighted by molar-refractivity contribution is 6.30. The van der Waals surface area contributed by atoms with Crippen molar-refractivity contribution in [2.75, 3.05) is 17.2 Å². The Morgan fingerprint density at radius 2 is 1.81 bits per heavy atom. The summed E-state index contributed by atoms with van der Waals surface area (Å²) in [5, 5.41) is 6.84. The summed E-state index contributed by atoms with van der Waals surface area (Å²) in [6, 6.07) is 13.5. The van der Waals surface area contributed by atoms with E-state index in [1.165, 1.54) is 0 Å². The third-order valence-electron chi connectivity index (χ3n) is 3.19. The highest BCUT2D eigenvalue weighted by Crippen LogP contribution is 2.17. The molecule has 0 spiro atoms. The average molecular weight is 303 g/mol. The lowest BCUT2D eigenvalue weighted by Gasteiger charge is -2.10. The van der Waals surface area contributed by atoms with Crippen molar-refractivity contribution in [3.8, 4) is 0 Å². The summed E-state index contributed by atoms with van der Waals surface area (Å²) in [5.41, 5.74) is 4.04. The van der Waals surface area contributed by atoms with Gasteiger partial charge < -0.3 is 10.6 Å². The molecule has 0 saturated heterocycles. The molecule has 0 unspecified atom stereocenters. The molecule has 0 aliphatic heterocycles. The quantitative estimate of drug-likeness (QED) is 0.859. The van der Waals surface area contributed by atoms with Gasteiger partial charge in [-0.15, -0.1) is 0 Å². The first kappa shape index (κ1) is 15.4. The first-order chi connectivity index (χ1) is 10.0. The van der Waals surface area contributed by atoms with Crippen LogP contribution in [0.3, 0.4) is 0 Å². The van der Waals surface area contributed by atoms with Crippen LogP contribution in [0.25, 0.3) is 0 Å². The van der Waals surface area contributed by atoms with Crippen LogP contribution in [0.4, 0.5) is 11.4 Å². The van der Waals surface area contributed by atoms with Crippen molar-refractivity contribution in [2.24, 2.45) is 0 Å². The Labute approximate surface area is 130 Å². The van der Waals surface area contributed by atoms with E-state index in [0.29, 0.717) is 18.0 Å². The zero-order valence-corrected chi connectivity index (χ0v) is 13.0. The molecule has 0 atom stereocenters. The van der Waals surface area contributed by atoms with E-state index < -0.39 is 0 Å². The summed E-state index contributed by atoms with van der Waals surface area (Å²) in [7, 11) is 0. The lowest BCUT2D eigenvalue weighted by Crippen LogP contribution is -2.16. The first-order valence-corrected chi connectivity index (χ1v) is 7.29. The number of carbonyl (C=O) groups is 1. The van der Waals surface area contributed by atoms with Crippen molar-refractivity contribution in [3.63, 3.8) is 0 Å². The molecule has 0 aliphatic carbocycles. The zero-order chi connectivity index (χ0) is 15.2. The van der Waals surface area contributed by atoms with E-state index in [-0.39, 0.29) is 5.91 Å². The largest absolute Gasteiger partial charge is 0.385 e. The highest BCUT2D eigenvalue weighted by atomic mass is 35.5. The Hall–Kier alpha value is -2.00. The second kappa shape index (κ2) is 7.14. The number of hydrogen-bond acceptors (Lipinski definition) is 2. The van der Waals surface area contributed by atoms with Gasteiger partial charge in [-0.1, -0.05) is 23.7 Å². The molecule has 2 aromatic rings. The van der Waals surface area contributed by atoms with Crippen molar-refractivity contribution in [3.05, 3.63) is 58.6 Å². The van der Waals surface area contributed by atoms with E-state index in [0.717, 1.165) is 22.5 Å². The van der Waals surface area contributed by atoms with E-state index >= 15 is 0 Å². The Morgan fingerprint density at radius 1 is 1.10 bits per heavy atom. The summed E-state index contributed by atoms with van der Waals surface area (Å²) in [4.78, 5) is 11.9. The van der Waals surface area contributed by atoms with Crippen LogP contribution >= 0.6 is 11.6 Å². The van der Waals surface area contributed by atoms with E-state index in [1.54, 1.807) is 0 Å². The molecule has 21 heavy (non-hydrogen) atoms. The number of hydrogen-bond donors (Lipinski definition) is 2. The Morgan fingerprint density at radius 3 is 2.52 bits per heavy atom. The maximum atomic E-state index is 11.9. The fourth-order valence-electron chi connectivity index (χ4n) is 1.97. The maximum absolute atomic E-state index is 11.9. The van der Waals surface area contributed by atoms with Crippen LogP contribution in [0.15, 0.2) is 42.5 Å². The summed E-state index contributed by atoms with van der Waals surface area (Å²) in [5.74, 6) is 0.00478. The number of benzene rings is 2. The third-order valence-corrected chi connectivity index (χ3v) is 3.44. The van der Waals surface area contributed by atoms with Gasteiger partial charge in [-0.05, 0) is 55.3 Å². The van der Waals surface area contributed by atoms with E-state index in [1.807, 2.05) is 56.3 Å². The van der Waals surface area contributed by atoms with Crippen molar-refractivity contribution in [2.45, 2.75) is 20.3 Å². The molecule has 110 valence electrons. The molecule has 0 aliphatic rings. The minimum absolute atomic E-state index is 0.00478. The number of carbonyl (C=O) groups excluding carboxylic acids is 1. The van der Waals surface area contributed by atoms with Gasteiger partial charge in [0, 0.05) is 29.4 Å². The van der Waals surface area contributed by atoms with Crippen molar-refractivity contribution in [1.82, 2.24) is 0 Å². The van der Waals surface area contributed by atoms with Gasteiger partial charge in [0.2, 0.25) is 5.91 Å². The Kier molecular flexibility index (Phi) is 5.23. The third kappa shape index (κ3) is 4.80. The van der Waals surface area contributed by atoms with Gasteiger partial charge in [-0.3, -0.25) is 4.79 Å². The number of rotatable bonds is 5. The van der Waals surface area contributed by atoms with Gasteiger partial charge in [0.05, 0.1) is 0 Å². The van der Waals surface area contributed by atoms with E-state index in [4.69, 9.17) is 11.6 Å². The van der Waals surface area contributed by atoms with Crippen LogP contribution < -0.4 is 10.6 Å². The predicted molar refractivity (Wildman–Crippen MR) is 89.1 cm³/mol. The SMILES string of the molecule is Cc1ccc(C)c(NC(=O)CCNc2ccc(Cl)cc2)c1. The molecular weight excluding hydrogens is 284 g/mol. The molecule has 0 radical (unpaired) electrons. The van der Waals surface area contributed by atoms with E-state index in [2.05, 4.69) is 10.6 Å². The van der Waals surface area contributed by atoms with Gasteiger partial charge in [0.25, 0.3) is 0 Å². The van der Waals surface area contributed by atoms with Crippen molar-refractivity contribution in [1.29, 1.82) is 0 Å². The second-order valence-electron chi connectivity index (χ2n) is 5.05. The number of anilines is 2. The van der Waals surface area contributed by atoms with Gasteiger partial charge >= 0.3 is 0 Å². The van der Waals surface area contributed by atoms with Gasteiger partial charge in [-0.2, -0.15) is 0 Å². The Balaban J connectivity index is 1.82. The van der Waals surface area contributed by atoms with Crippen molar-refractivity contribution < 1.29 is 4.79 Å². The minimum Gasteiger partial charge on any atom is -0.385 e. The smallest absolute Gasteiger partial charge is 0.226 e. The molecule has 2 aromatic carbocycles. The second-order valence-corrected chi connectivity index (χ2v) is 5.49. The topological polar surface area (TPSA) is 41.1 Å². The molecule has 3 nitrogen and oxygen atoms in total. The monoisotopic (exact) mass is 302 g/mol. The van der Waals surface area contributed by atoms with Gasteiger partial charge in [0.15, 0.2) is 0 Å². The van der Waals surface area contributed by atoms with Crippen LogP contribution in [0.2, 0.25) is 5.02 Å². The van der Waals surface area contributed by atoms with Crippen LogP contribution in [0.1, 0.15) is 17.5 Å². The normalized spacial score (nSPS) is 10.2.